The van der Waals surface area contributed by atoms with Crippen molar-refractivity contribution in [1.82, 2.24) is 19.6 Å². The minimum Gasteiger partial charge on any atom is -0.379 e. The van der Waals surface area contributed by atoms with E-state index in [2.05, 4.69) is 88.0 Å². The van der Waals surface area contributed by atoms with Crippen molar-refractivity contribution in [2.75, 3.05) is 31.7 Å². The molecule has 2 aromatic heterocycles. The van der Waals surface area contributed by atoms with Gasteiger partial charge in [0, 0.05) is 29.9 Å². The van der Waals surface area contributed by atoms with Crippen molar-refractivity contribution in [2.45, 2.75) is 89.8 Å². The smallest absolute Gasteiger partial charge is 0.227 e. The number of hydrogen-bond donors (Lipinski definition) is 1. The number of nitrogens with one attached hydrogen (secondary N) is 1. The molecule has 1 saturated heterocycles. The lowest BCUT2D eigenvalue weighted by atomic mass is 9.92. The molecule has 0 amide bonds. The fourth-order valence-corrected chi connectivity index (χ4v) is 5.49. The van der Waals surface area contributed by atoms with E-state index < -0.39 is 23.9 Å². The van der Waals surface area contributed by atoms with E-state index in [4.69, 9.17) is 18.9 Å². The molecule has 1 aromatic carbocycles. The first kappa shape index (κ1) is 31.6. The number of fused-ring (bicyclic) bond motifs is 1. The van der Waals surface area contributed by atoms with Crippen LogP contribution in [0.2, 0.25) is 0 Å². The van der Waals surface area contributed by atoms with Gasteiger partial charge in [0.15, 0.2) is 11.5 Å². The lowest BCUT2D eigenvalue weighted by Crippen LogP contribution is -2.44. The summed E-state index contributed by atoms with van der Waals surface area (Å²) in [6, 6.07) is 10.7. The van der Waals surface area contributed by atoms with Gasteiger partial charge in [0.25, 0.3) is 0 Å². The van der Waals surface area contributed by atoms with Crippen molar-refractivity contribution >= 4 is 34.1 Å². The van der Waals surface area contributed by atoms with E-state index in [0.29, 0.717) is 50.1 Å². The molecule has 3 aromatic rings. The van der Waals surface area contributed by atoms with E-state index in [9.17, 15) is 5.26 Å². The maximum Gasteiger partial charge on any atom is 0.227 e. The predicted octanol–water partition coefficient (Wildman–Crippen LogP) is 5.65. The molecule has 4 rings (SSSR count). The maximum absolute atomic E-state index is 10.8. The zero-order valence-corrected chi connectivity index (χ0v) is 26.4. The van der Waals surface area contributed by atoms with Crippen LogP contribution in [0.3, 0.4) is 0 Å². The maximum atomic E-state index is 10.8. The van der Waals surface area contributed by atoms with E-state index in [1.165, 1.54) is 6.33 Å². The fraction of sp³-hybridized carbons (Fsp3) is 0.600. The topological polar surface area (TPSA) is 116 Å². The van der Waals surface area contributed by atoms with Gasteiger partial charge in [-0.3, -0.25) is 0 Å². The Balaban J connectivity index is 1.68. The zero-order valence-electron chi connectivity index (χ0n) is 24.2. The number of ether oxygens (including phenoxy) is 4. The van der Waals surface area contributed by atoms with Crippen LogP contribution in [0, 0.1) is 14.9 Å². The molecule has 0 bridgehead atoms. The summed E-state index contributed by atoms with van der Waals surface area (Å²) in [6.07, 6.45) is 7.17. The largest absolute Gasteiger partial charge is 0.379 e. The summed E-state index contributed by atoms with van der Waals surface area (Å²) in [7, 11) is 0. The van der Waals surface area contributed by atoms with Crippen molar-refractivity contribution in [3.63, 3.8) is 0 Å². The molecule has 41 heavy (non-hydrogen) atoms. The number of imidazole rings is 1. The highest BCUT2D eigenvalue weighted by Gasteiger charge is 2.60. The van der Waals surface area contributed by atoms with Crippen LogP contribution in [-0.4, -0.2) is 64.3 Å². The molecule has 0 saturated carbocycles. The molecule has 222 valence electrons. The first-order chi connectivity index (χ1) is 20.1. The quantitative estimate of drug-likeness (QED) is 0.143. The zero-order chi connectivity index (χ0) is 29.1. The molecule has 10 nitrogen and oxygen atoms in total. The van der Waals surface area contributed by atoms with Gasteiger partial charge in [0.1, 0.15) is 36.4 Å². The van der Waals surface area contributed by atoms with Crippen LogP contribution in [0.1, 0.15) is 70.6 Å². The minimum absolute atomic E-state index is 0.308. The third-order valence-electron chi connectivity index (χ3n) is 7.13. The number of halogens is 1. The van der Waals surface area contributed by atoms with Gasteiger partial charge in [0.05, 0.1) is 12.8 Å². The number of rotatable bonds is 17. The van der Waals surface area contributed by atoms with Crippen molar-refractivity contribution in [1.29, 1.82) is 5.26 Å². The van der Waals surface area contributed by atoms with Crippen molar-refractivity contribution in [2.24, 2.45) is 0 Å². The Kier molecular flexibility index (Phi) is 12.1. The van der Waals surface area contributed by atoms with Crippen LogP contribution in [0.4, 0.5) is 5.82 Å². The van der Waals surface area contributed by atoms with Crippen LogP contribution in [0.5, 0.6) is 0 Å². The molecular weight excluding hydrogens is 635 g/mol. The minimum atomic E-state index is -1.50. The van der Waals surface area contributed by atoms with Gasteiger partial charge < -0.3 is 24.3 Å². The van der Waals surface area contributed by atoms with Gasteiger partial charge in [-0.05, 0) is 59.5 Å². The summed E-state index contributed by atoms with van der Waals surface area (Å²) in [5, 5.41) is 18.7. The molecule has 1 unspecified atom stereocenters. The van der Waals surface area contributed by atoms with Gasteiger partial charge >= 0.3 is 0 Å². The Morgan fingerprint density at radius 1 is 1.07 bits per heavy atom. The molecular formula is C30H41IN6O4. The number of anilines is 1. The lowest BCUT2D eigenvalue weighted by Gasteiger charge is -2.29. The van der Waals surface area contributed by atoms with E-state index in [1.807, 2.05) is 6.07 Å². The predicted molar refractivity (Wildman–Crippen MR) is 164 cm³/mol. The van der Waals surface area contributed by atoms with Gasteiger partial charge in [-0.2, -0.15) is 10.4 Å². The van der Waals surface area contributed by atoms with E-state index in [0.717, 1.165) is 47.7 Å². The van der Waals surface area contributed by atoms with Crippen LogP contribution in [-0.2, 0) is 31.1 Å². The highest BCUT2D eigenvalue weighted by molar-refractivity contribution is 14.1. The van der Waals surface area contributed by atoms with Crippen LogP contribution < -0.4 is 5.32 Å². The normalized spacial score (nSPS) is 22.3. The highest BCUT2D eigenvalue weighted by Crippen LogP contribution is 2.43. The Bertz CT molecular complexity index is 1280. The number of benzene rings is 1. The van der Waals surface area contributed by atoms with Crippen molar-refractivity contribution in [3.8, 4) is 6.07 Å². The summed E-state index contributed by atoms with van der Waals surface area (Å²) in [6.45, 7) is 8.89. The van der Waals surface area contributed by atoms with Gasteiger partial charge in [-0.1, -0.05) is 52.2 Å². The number of nitrogens with zero attached hydrogens (tertiary/aromatic N) is 5. The van der Waals surface area contributed by atoms with Gasteiger partial charge in [0.2, 0.25) is 5.60 Å². The standard InChI is InChI=1S/C30H41IN6O4/c1-4-7-13-38-19-24-26(39-14-8-5-2)27(40-15-9-6-3)30(20-32,41-24)25-18-34-29-28(35-21-36-37(25)29)33-17-22-11-10-12-23(31)16-22/h10-12,16,18,21,24,26-27H,4-9,13-15,17,19H2,1-3H3,(H,33,35,36)/t24-,26-,27-,30?/m1/s1. The molecule has 0 radical (unpaired) electrons. The Labute approximate surface area is 256 Å². The lowest BCUT2D eigenvalue weighted by molar-refractivity contribution is -0.0902. The molecule has 1 N–H and O–H groups in total. The second-order valence-electron chi connectivity index (χ2n) is 10.2. The molecule has 4 atom stereocenters. The SMILES string of the molecule is CCCCOC[C@H]1OC(C#N)(c2cnc3c(NCc4cccc(I)c4)ncnn23)[C@H](OCCCC)[C@@H]1OCCCC. The van der Waals surface area contributed by atoms with Crippen LogP contribution in [0.25, 0.3) is 5.65 Å². The van der Waals surface area contributed by atoms with Crippen LogP contribution >= 0.6 is 22.6 Å². The molecule has 1 aliphatic heterocycles. The summed E-state index contributed by atoms with van der Waals surface area (Å²) < 4.78 is 28.2. The summed E-state index contributed by atoms with van der Waals surface area (Å²) in [5.41, 5.74) is 0.612. The molecule has 1 fully saturated rings. The number of hydrogen-bond acceptors (Lipinski definition) is 9. The van der Waals surface area contributed by atoms with Crippen molar-refractivity contribution < 1.29 is 18.9 Å². The number of unbranched alkanes of at least 4 members (excludes halogenated alkanes) is 3. The Morgan fingerprint density at radius 3 is 2.56 bits per heavy atom. The average molecular weight is 677 g/mol. The van der Waals surface area contributed by atoms with E-state index in [1.54, 1.807) is 10.7 Å². The average Bonchev–Trinajstić information content (AvgIpc) is 3.55. The summed E-state index contributed by atoms with van der Waals surface area (Å²) in [4.78, 5) is 9.09. The molecule has 0 aliphatic carbocycles. The fourth-order valence-electron chi connectivity index (χ4n) is 4.88. The molecule has 11 heteroatoms. The Hall–Kier alpha value is -2.37. The number of aromatic nitrogens is 4. The summed E-state index contributed by atoms with van der Waals surface area (Å²) in [5.74, 6) is 0.565. The summed E-state index contributed by atoms with van der Waals surface area (Å²) >= 11 is 2.30. The first-order valence-corrected chi connectivity index (χ1v) is 15.7. The Morgan fingerprint density at radius 2 is 1.83 bits per heavy atom. The first-order valence-electron chi connectivity index (χ1n) is 14.6. The van der Waals surface area contributed by atoms with E-state index in [-0.39, 0.29) is 0 Å². The second kappa shape index (κ2) is 15.7. The second-order valence-corrected chi connectivity index (χ2v) is 11.5. The van der Waals surface area contributed by atoms with Crippen LogP contribution in [0.15, 0.2) is 36.8 Å². The molecule has 3 heterocycles. The molecule has 1 aliphatic rings. The monoisotopic (exact) mass is 676 g/mol. The van der Waals surface area contributed by atoms with Gasteiger partial charge in [-0.15, -0.1) is 0 Å². The van der Waals surface area contributed by atoms with Gasteiger partial charge in [-0.25, -0.2) is 14.5 Å². The van der Waals surface area contributed by atoms with Crippen molar-refractivity contribution in [3.05, 3.63) is 51.6 Å². The molecule has 0 spiro atoms. The van der Waals surface area contributed by atoms with E-state index >= 15 is 0 Å². The number of nitriles is 1. The third-order valence-corrected chi connectivity index (χ3v) is 7.80. The third kappa shape index (κ3) is 7.53. The highest BCUT2D eigenvalue weighted by atomic mass is 127.